The number of benzene rings is 2. The van der Waals surface area contributed by atoms with Crippen molar-refractivity contribution < 1.29 is 19.0 Å². The maximum absolute atomic E-state index is 13.0. The minimum absolute atomic E-state index is 0.126. The van der Waals surface area contributed by atoms with Crippen molar-refractivity contribution in [1.29, 1.82) is 0 Å². The zero-order valence-corrected chi connectivity index (χ0v) is 17.4. The number of carbonyl (C=O) groups excluding carboxylic acids is 1. The number of pyridine rings is 1. The van der Waals surface area contributed by atoms with Crippen LogP contribution >= 0.6 is 0 Å². The third kappa shape index (κ3) is 3.66. The van der Waals surface area contributed by atoms with Crippen LogP contribution in [0.2, 0.25) is 0 Å². The van der Waals surface area contributed by atoms with Crippen molar-refractivity contribution in [3.05, 3.63) is 88.4 Å². The molecule has 0 bridgehead atoms. The number of ether oxygens (including phenoxy) is 3. The summed E-state index contributed by atoms with van der Waals surface area (Å²) < 4.78 is 17.2. The van der Waals surface area contributed by atoms with Crippen LogP contribution in [0.15, 0.2) is 60.5 Å². The third-order valence-corrected chi connectivity index (χ3v) is 5.53. The minimum atomic E-state index is -0.126. The first kappa shape index (κ1) is 19.3. The summed E-state index contributed by atoms with van der Waals surface area (Å²) in [6.45, 7) is 3.86. The van der Waals surface area contributed by atoms with Crippen LogP contribution in [0.4, 0.5) is 0 Å². The standard InChI is InChI=1S/C25H22N2O4/c1-16-24-18(14-27(15-30-24)13-17-6-8-20(29-2)9-7-17)11-21-23(28)22(31-25(16)21)12-19-5-3-4-10-26-19/h3-12H,13-15H2,1-2H3/b22-12-. The van der Waals surface area contributed by atoms with Gasteiger partial charge in [-0.25, -0.2) is 0 Å². The summed E-state index contributed by atoms with van der Waals surface area (Å²) in [7, 11) is 1.66. The van der Waals surface area contributed by atoms with Crippen LogP contribution in [0.3, 0.4) is 0 Å². The first-order valence-electron chi connectivity index (χ1n) is 10.1. The van der Waals surface area contributed by atoms with Gasteiger partial charge in [0, 0.05) is 36.5 Å². The van der Waals surface area contributed by atoms with E-state index >= 15 is 0 Å². The van der Waals surface area contributed by atoms with Crippen molar-refractivity contribution >= 4 is 11.9 Å². The van der Waals surface area contributed by atoms with E-state index in [2.05, 4.69) is 9.88 Å². The first-order chi connectivity index (χ1) is 15.1. The van der Waals surface area contributed by atoms with Crippen molar-refractivity contribution in [2.24, 2.45) is 0 Å². The molecule has 3 aromatic rings. The number of Topliss-reactive ketones (excluding diaryl/α,β-unsaturated/α-hetero) is 1. The highest BCUT2D eigenvalue weighted by Crippen LogP contribution is 2.43. The summed E-state index contributed by atoms with van der Waals surface area (Å²) in [4.78, 5) is 19.4. The molecule has 0 fully saturated rings. The van der Waals surface area contributed by atoms with Crippen molar-refractivity contribution in [2.45, 2.75) is 20.0 Å². The molecule has 0 saturated heterocycles. The monoisotopic (exact) mass is 414 g/mol. The molecule has 6 heteroatoms. The number of hydrogen-bond donors (Lipinski definition) is 0. The summed E-state index contributed by atoms with van der Waals surface area (Å²) in [5.41, 5.74) is 4.28. The van der Waals surface area contributed by atoms with E-state index in [0.29, 0.717) is 30.3 Å². The number of aromatic nitrogens is 1. The van der Waals surface area contributed by atoms with Crippen molar-refractivity contribution in [3.63, 3.8) is 0 Å². The summed E-state index contributed by atoms with van der Waals surface area (Å²) in [5, 5.41) is 0. The molecule has 2 aromatic carbocycles. The summed E-state index contributed by atoms with van der Waals surface area (Å²) in [6, 6.07) is 15.5. The van der Waals surface area contributed by atoms with E-state index in [0.717, 1.165) is 29.2 Å². The van der Waals surface area contributed by atoms with Gasteiger partial charge >= 0.3 is 0 Å². The van der Waals surface area contributed by atoms with Crippen LogP contribution in [0.1, 0.15) is 32.7 Å². The highest BCUT2D eigenvalue weighted by molar-refractivity contribution is 6.15. The van der Waals surface area contributed by atoms with Crippen LogP contribution in [0.5, 0.6) is 17.2 Å². The van der Waals surface area contributed by atoms with Crippen molar-refractivity contribution in [1.82, 2.24) is 9.88 Å². The van der Waals surface area contributed by atoms with Crippen LogP contribution < -0.4 is 14.2 Å². The average Bonchev–Trinajstić information content (AvgIpc) is 3.11. The zero-order valence-electron chi connectivity index (χ0n) is 17.4. The van der Waals surface area contributed by atoms with Crippen LogP contribution in [-0.2, 0) is 13.1 Å². The van der Waals surface area contributed by atoms with Gasteiger partial charge in [-0.2, -0.15) is 0 Å². The molecule has 0 radical (unpaired) electrons. The fraction of sp³-hybridized carbons (Fsp3) is 0.200. The molecule has 156 valence electrons. The van der Waals surface area contributed by atoms with Crippen LogP contribution in [0.25, 0.3) is 6.08 Å². The first-order valence-corrected chi connectivity index (χ1v) is 10.1. The largest absolute Gasteiger partial charge is 0.497 e. The Bertz CT molecular complexity index is 1170. The Kier molecular flexibility index (Phi) is 4.92. The highest BCUT2D eigenvalue weighted by Gasteiger charge is 2.33. The minimum Gasteiger partial charge on any atom is -0.497 e. The molecule has 0 saturated carbocycles. The van der Waals surface area contributed by atoms with E-state index in [-0.39, 0.29) is 11.5 Å². The number of methoxy groups -OCH3 is 1. The molecule has 3 heterocycles. The fourth-order valence-corrected chi connectivity index (χ4v) is 3.98. The zero-order chi connectivity index (χ0) is 21.4. The molecule has 0 unspecified atom stereocenters. The Morgan fingerprint density at radius 2 is 2.00 bits per heavy atom. The summed E-state index contributed by atoms with van der Waals surface area (Å²) >= 11 is 0. The SMILES string of the molecule is COc1ccc(CN2COc3c(cc4c(c3C)O/C(=C\c3ccccn3)C4=O)C2)cc1. The van der Waals surface area contributed by atoms with Crippen LogP contribution in [0, 0.1) is 6.92 Å². The molecule has 2 aliphatic heterocycles. The molecular weight excluding hydrogens is 392 g/mol. The Morgan fingerprint density at radius 1 is 1.16 bits per heavy atom. The smallest absolute Gasteiger partial charge is 0.232 e. The van der Waals surface area contributed by atoms with Crippen LogP contribution in [-0.4, -0.2) is 29.5 Å². The summed E-state index contributed by atoms with van der Waals surface area (Å²) in [5.74, 6) is 2.38. The Morgan fingerprint density at radius 3 is 2.74 bits per heavy atom. The van der Waals surface area contributed by atoms with Gasteiger partial charge in [0.05, 0.1) is 18.4 Å². The molecule has 5 rings (SSSR count). The maximum Gasteiger partial charge on any atom is 0.232 e. The molecule has 0 spiro atoms. The van der Waals surface area contributed by atoms with Gasteiger partial charge in [0.1, 0.15) is 24.0 Å². The van der Waals surface area contributed by atoms with E-state index in [4.69, 9.17) is 14.2 Å². The molecule has 0 N–H and O–H groups in total. The quantitative estimate of drug-likeness (QED) is 0.591. The Balaban J connectivity index is 1.39. The average molecular weight is 414 g/mol. The lowest BCUT2D eigenvalue weighted by atomic mass is 10.00. The molecular formula is C25H22N2O4. The van der Waals surface area contributed by atoms with E-state index in [1.807, 2.05) is 55.5 Å². The molecule has 1 aromatic heterocycles. The predicted molar refractivity (Wildman–Crippen MR) is 116 cm³/mol. The lowest BCUT2D eigenvalue weighted by Crippen LogP contribution is -2.32. The van der Waals surface area contributed by atoms with Crippen molar-refractivity contribution in [3.8, 4) is 17.2 Å². The lowest BCUT2D eigenvalue weighted by molar-refractivity contribution is 0.0876. The van der Waals surface area contributed by atoms with Gasteiger partial charge in [0.2, 0.25) is 5.78 Å². The second-order valence-corrected chi connectivity index (χ2v) is 7.67. The number of hydrogen-bond acceptors (Lipinski definition) is 6. The number of fused-ring (bicyclic) bond motifs is 2. The highest BCUT2D eigenvalue weighted by atomic mass is 16.5. The topological polar surface area (TPSA) is 60.9 Å². The predicted octanol–water partition coefficient (Wildman–Crippen LogP) is 4.37. The van der Waals surface area contributed by atoms with Gasteiger partial charge in [0.25, 0.3) is 0 Å². The molecule has 0 aliphatic carbocycles. The number of allylic oxidation sites excluding steroid dienone is 1. The molecule has 0 atom stereocenters. The Hall–Kier alpha value is -3.64. The second kappa shape index (κ2) is 7.89. The van der Waals surface area contributed by atoms with Crippen molar-refractivity contribution in [2.75, 3.05) is 13.8 Å². The number of nitrogens with zero attached hydrogens (tertiary/aromatic N) is 2. The van der Waals surface area contributed by atoms with E-state index in [1.54, 1.807) is 19.4 Å². The molecule has 2 aliphatic rings. The normalized spacial score (nSPS) is 16.5. The molecule has 0 amide bonds. The number of carbonyl (C=O) groups is 1. The number of rotatable bonds is 4. The van der Waals surface area contributed by atoms with Gasteiger partial charge in [-0.05, 0) is 42.8 Å². The molecule has 31 heavy (non-hydrogen) atoms. The van der Waals surface area contributed by atoms with E-state index < -0.39 is 0 Å². The third-order valence-electron chi connectivity index (χ3n) is 5.53. The lowest BCUT2D eigenvalue weighted by Gasteiger charge is -2.30. The van der Waals surface area contributed by atoms with Gasteiger partial charge < -0.3 is 14.2 Å². The van der Waals surface area contributed by atoms with Gasteiger partial charge in [-0.3, -0.25) is 14.7 Å². The molecule has 6 nitrogen and oxygen atoms in total. The van der Waals surface area contributed by atoms with E-state index in [9.17, 15) is 4.79 Å². The van der Waals surface area contributed by atoms with Gasteiger partial charge in [-0.1, -0.05) is 18.2 Å². The maximum atomic E-state index is 13.0. The number of ketones is 1. The van der Waals surface area contributed by atoms with E-state index in [1.165, 1.54) is 5.56 Å². The fourth-order valence-electron chi connectivity index (χ4n) is 3.98. The summed E-state index contributed by atoms with van der Waals surface area (Å²) in [6.07, 6.45) is 3.37. The Labute approximate surface area is 180 Å². The van der Waals surface area contributed by atoms with Gasteiger partial charge in [-0.15, -0.1) is 0 Å². The van der Waals surface area contributed by atoms with Gasteiger partial charge in [0.15, 0.2) is 5.76 Å². The second-order valence-electron chi connectivity index (χ2n) is 7.67.